The molecule has 6 nitrogen and oxygen atoms in total. The number of aliphatic hydroxyl groups excluding tert-OH is 1. The quantitative estimate of drug-likeness (QED) is 0.495. The maximum Gasteiger partial charge on any atom is 0.332 e. The smallest absolute Gasteiger partial charge is 0.332 e. The zero-order valence-electron chi connectivity index (χ0n) is 8.99. The van der Waals surface area contributed by atoms with Crippen LogP contribution in [0.3, 0.4) is 0 Å². The summed E-state index contributed by atoms with van der Waals surface area (Å²) in [6.07, 6.45) is -1.42. The van der Waals surface area contributed by atoms with Crippen LogP contribution in [0.2, 0.25) is 0 Å². The number of amides is 2. The minimum atomic E-state index is -1.42. The molecule has 0 aromatic carbocycles. The van der Waals surface area contributed by atoms with Crippen LogP contribution in [-0.4, -0.2) is 41.4 Å². The number of aliphatic hydroxyl groups is 1. The minimum absolute atomic E-state index is 0.00440. The van der Waals surface area contributed by atoms with Gasteiger partial charge in [0.15, 0.2) is 6.10 Å². The van der Waals surface area contributed by atoms with Crippen LogP contribution in [0.4, 0.5) is 4.79 Å². The van der Waals surface area contributed by atoms with Gasteiger partial charge in [0.2, 0.25) is 0 Å². The summed E-state index contributed by atoms with van der Waals surface area (Å²) in [5, 5.41) is 22.3. The molecule has 0 aliphatic rings. The lowest BCUT2D eigenvalue weighted by atomic mass is 10.2. The van der Waals surface area contributed by atoms with Crippen LogP contribution in [0.15, 0.2) is 0 Å². The number of carboxylic acids is 1. The summed E-state index contributed by atoms with van der Waals surface area (Å²) in [5.74, 6) is -0.917. The summed E-state index contributed by atoms with van der Waals surface area (Å²) in [7, 11) is 0. The van der Waals surface area contributed by atoms with Gasteiger partial charge in [0.25, 0.3) is 0 Å². The highest BCUT2D eigenvalue weighted by Crippen LogP contribution is 1.90. The topological polar surface area (TPSA) is 98.7 Å². The van der Waals surface area contributed by atoms with Crippen molar-refractivity contribution in [2.45, 2.75) is 26.4 Å². The summed E-state index contributed by atoms with van der Waals surface area (Å²) in [4.78, 5) is 21.3. The van der Waals surface area contributed by atoms with Gasteiger partial charge in [-0.15, -0.1) is 0 Å². The normalized spacial score (nSPS) is 12.3. The number of aliphatic carboxylic acids is 1. The predicted molar refractivity (Wildman–Crippen MR) is 54.5 cm³/mol. The van der Waals surface area contributed by atoms with Crippen molar-refractivity contribution in [3.8, 4) is 0 Å². The van der Waals surface area contributed by atoms with Gasteiger partial charge in [0, 0.05) is 19.5 Å². The maximum atomic E-state index is 11.0. The average molecular weight is 218 g/mol. The van der Waals surface area contributed by atoms with Crippen molar-refractivity contribution in [1.82, 2.24) is 10.6 Å². The summed E-state index contributed by atoms with van der Waals surface area (Å²) >= 11 is 0. The molecule has 6 heteroatoms. The second-order valence-corrected chi connectivity index (χ2v) is 3.67. The third-order valence-electron chi connectivity index (χ3n) is 1.66. The first-order valence-corrected chi connectivity index (χ1v) is 4.86. The molecule has 0 bridgehead atoms. The number of urea groups is 1. The van der Waals surface area contributed by atoms with Crippen LogP contribution in [0, 0.1) is 5.92 Å². The zero-order chi connectivity index (χ0) is 11.8. The Kier molecular flexibility index (Phi) is 6.44. The van der Waals surface area contributed by atoms with Crippen LogP contribution in [0.5, 0.6) is 0 Å². The summed E-state index contributed by atoms with van der Waals surface area (Å²) in [6, 6.07) is -0.346. The van der Waals surface area contributed by atoms with E-state index in [1.54, 1.807) is 0 Å². The monoisotopic (exact) mass is 218 g/mol. The molecule has 0 saturated carbocycles. The number of hydrogen-bond acceptors (Lipinski definition) is 3. The molecule has 0 fully saturated rings. The van der Waals surface area contributed by atoms with E-state index in [-0.39, 0.29) is 19.0 Å². The molecule has 1 atom stereocenters. The number of rotatable bonds is 6. The molecule has 0 rings (SSSR count). The Morgan fingerprint density at radius 1 is 1.27 bits per heavy atom. The third-order valence-corrected chi connectivity index (χ3v) is 1.66. The fourth-order valence-electron chi connectivity index (χ4n) is 0.805. The van der Waals surface area contributed by atoms with Crippen molar-refractivity contribution in [3.05, 3.63) is 0 Å². The number of carboxylic acid groups (broad SMARTS) is 1. The van der Waals surface area contributed by atoms with Gasteiger partial charge in [0.1, 0.15) is 0 Å². The van der Waals surface area contributed by atoms with E-state index in [2.05, 4.69) is 10.6 Å². The predicted octanol–water partition coefficient (Wildman–Crippen LogP) is -0.223. The fourth-order valence-corrected chi connectivity index (χ4v) is 0.805. The SMILES string of the molecule is CC(C)CNC(=O)NCCC(O)C(=O)O. The molecule has 1 unspecified atom stereocenters. The van der Waals surface area contributed by atoms with E-state index < -0.39 is 12.1 Å². The van der Waals surface area contributed by atoms with Crippen molar-refractivity contribution < 1.29 is 19.8 Å². The lowest BCUT2D eigenvalue weighted by Crippen LogP contribution is -2.39. The number of nitrogens with one attached hydrogen (secondary N) is 2. The second kappa shape index (κ2) is 7.05. The van der Waals surface area contributed by atoms with E-state index in [9.17, 15) is 9.59 Å². The fraction of sp³-hybridized carbons (Fsp3) is 0.778. The Labute approximate surface area is 88.7 Å². The van der Waals surface area contributed by atoms with Crippen molar-refractivity contribution in [1.29, 1.82) is 0 Å². The van der Waals surface area contributed by atoms with Gasteiger partial charge in [-0.05, 0) is 5.92 Å². The number of hydrogen-bond donors (Lipinski definition) is 4. The molecule has 88 valence electrons. The van der Waals surface area contributed by atoms with Crippen molar-refractivity contribution in [3.63, 3.8) is 0 Å². The summed E-state index contributed by atoms with van der Waals surface area (Å²) in [6.45, 7) is 4.63. The van der Waals surface area contributed by atoms with Gasteiger partial charge in [-0.1, -0.05) is 13.8 Å². The van der Waals surface area contributed by atoms with E-state index in [4.69, 9.17) is 10.2 Å². The summed E-state index contributed by atoms with van der Waals surface area (Å²) < 4.78 is 0. The zero-order valence-corrected chi connectivity index (χ0v) is 8.99. The standard InChI is InChI=1S/C9H18N2O4/c1-6(2)5-11-9(15)10-4-3-7(12)8(13)14/h6-7,12H,3-5H2,1-2H3,(H,13,14)(H2,10,11,15). The first-order chi connectivity index (χ1) is 6.93. The first kappa shape index (κ1) is 13.7. The number of carbonyl (C=O) groups is 2. The molecule has 0 aliphatic heterocycles. The molecule has 0 heterocycles. The number of carbonyl (C=O) groups excluding carboxylic acids is 1. The van der Waals surface area contributed by atoms with E-state index in [1.807, 2.05) is 13.8 Å². The molecular weight excluding hydrogens is 200 g/mol. The molecule has 0 spiro atoms. The molecular formula is C9H18N2O4. The molecule has 2 amide bonds. The lowest BCUT2D eigenvalue weighted by molar-refractivity contribution is -0.146. The van der Waals surface area contributed by atoms with Crippen molar-refractivity contribution >= 4 is 12.0 Å². The molecule has 0 saturated heterocycles. The van der Waals surface area contributed by atoms with Crippen LogP contribution in [0.25, 0.3) is 0 Å². The molecule has 15 heavy (non-hydrogen) atoms. The molecule has 0 aliphatic carbocycles. The average Bonchev–Trinajstić information content (AvgIpc) is 2.14. The van der Waals surface area contributed by atoms with Crippen LogP contribution in [0.1, 0.15) is 20.3 Å². The molecule has 0 aromatic heterocycles. The Morgan fingerprint density at radius 2 is 1.87 bits per heavy atom. The Bertz CT molecular complexity index is 218. The van der Waals surface area contributed by atoms with Crippen LogP contribution >= 0.6 is 0 Å². The van der Waals surface area contributed by atoms with E-state index in [1.165, 1.54) is 0 Å². The second-order valence-electron chi connectivity index (χ2n) is 3.67. The Hall–Kier alpha value is -1.30. The highest BCUT2D eigenvalue weighted by atomic mass is 16.4. The van der Waals surface area contributed by atoms with Gasteiger partial charge in [0.05, 0.1) is 0 Å². The maximum absolute atomic E-state index is 11.0. The van der Waals surface area contributed by atoms with Gasteiger partial charge in [-0.2, -0.15) is 0 Å². The minimum Gasteiger partial charge on any atom is -0.479 e. The Morgan fingerprint density at radius 3 is 2.33 bits per heavy atom. The molecule has 0 radical (unpaired) electrons. The van der Waals surface area contributed by atoms with Crippen LogP contribution < -0.4 is 10.6 Å². The van der Waals surface area contributed by atoms with Gasteiger partial charge >= 0.3 is 12.0 Å². The molecule has 0 aromatic rings. The third kappa shape index (κ3) is 7.75. The van der Waals surface area contributed by atoms with Gasteiger partial charge in [-0.3, -0.25) is 0 Å². The van der Waals surface area contributed by atoms with Gasteiger partial charge in [-0.25, -0.2) is 9.59 Å². The van der Waals surface area contributed by atoms with E-state index in [0.717, 1.165) is 0 Å². The first-order valence-electron chi connectivity index (χ1n) is 4.86. The largest absolute Gasteiger partial charge is 0.479 e. The highest BCUT2D eigenvalue weighted by Gasteiger charge is 2.12. The van der Waals surface area contributed by atoms with E-state index in [0.29, 0.717) is 12.5 Å². The lowest BCUT2D eigenvalue weighted by Gasteiger charge is -2.10. The highest BCUT2D eigenvalue weighted by molar-refractivity contribution is 5.74. The molecule has 4 N–H and O–H groups in total. The van der Waals surface area contributed by atoms with Crippen LogP contribution in [-0.2, 0) is 4.79 Å². The summed E-state index contributed by atoms with van der Waals surface area (Å²) in [5.41, 5.74) is 0. The Balaban J connectivity index is 3.51. The van der Waals surface area contributed by atoms with Gasteiger partial charge < -0.3 is 20.8 Å². The van der Waals surface area contributed by atoms with Crippen molar-refractivity contribution in [2.24, 2.45) is 5.92 Å². The van der Waals surface area contributed by atoms with E-state index >= 15 is 0 Å². The van der Waals surface area contributed by atoms with Crippen molar-refractivity contribution in [2.75, 3.05) is 13.1 Å².